The number of hydrogen-bond donors (Lipinski definition) is 1. The van der Waals surface area contributed by atoms with Crippen molar-refractivity contribution in [1.29, 1.82) is 0 Å². The molecule has 19 heavy (non-hydrogen) atoms. The monoisotopic (exact) mass is 291 g/mol. The molecule has 0 heterocycles. The zero-order chi connectivity index (χ0) is 13.5. The Morgan fingerprint density at radius 1 is 1.05 bits per heavy atom. The number of rotatable bonds is 2. The molecular weight excluding hydrogens is 277 g/mol. The highest BCUT2D eigenvalue weighted by molar-refractivity contribution is 6.42. The van der Waals surface area contributed by atoms with Gasteiger partial charge >= 0.3 is 0 Å². The molecule has 0 aliphatic heterocycles. The summed E-state index contributed by atoms with van der Waals surface area (Å²) in [6.45, 7) is 0. The molecule has 0 spiro atoms. The standard InChI is InChI=1S/C16H15Cl2N/c1-19-16(12-6-7-14(17)15(18)10-12)9-8-11-4-2-3-5-13(11)16/h2-7,10,19H,8-9H2,1H3. The lowest BCUT2D eigenvalue weighted by atomic mass is 9.84. The number of halogens is 2. The first-order chi connectivity index (χ1) is 9.17. The second-order valence-electron chi connectivity index (χ2n) is 4.94. The summed E-state index contributed by atoms with van der Waals surface area (Å²) in [4.78, 5) is 0. The summed E-state index contributed by atoms with van der Waals surface area (Å²) in [5.41, 5.74) is 3.78. The van der Waals surface area contributed by atoms with Gasteiger partial charge in [0.25, 0.3) is 0 Å². The van der Waals surface area contributed by atoms with E-state index in [1.165, 1.54) is 16.7 Å². The van der Waals surface area contributed by atoms with Crippen LogP contribution < -0.4 is 5.32 Å². The molecule has 1 atom stereocenters. The first kappa shape index (κ1) is 13.0. The molecule has 0 bridgehead atoms. The van der Waals surface area contributed by atoms with E-state index >= 15 is 0 Å². The van der Waals surface area contributed by atoms with Crippen molar-refractivity contribution in [3.63, 3.8) is 0 Å². The van der Waals surface area contributed by atoms with Gasteiger partial charge < -0.3 is 5.32 Å². The Bertz CT molecular complexity index is 624. The third-order valence-electron chi connectivity index (χ3n) is 4.09. The molecule has 0 aromatic heterocycles. The van der Waals surface area contributed by atoms with E-state index in [9.17, 15) is 0 Å². The van der Waals surface area contributed by atoms with Gasteiger partial charge in [0.1, 0.15) is 0 Å². The zero-order valence-electron chi connectivity index (χ0n) is 10.7. The van der Waals surface area contributed by atoms with Crippen molar-refractivity contribution < 1.29 is 0 Å². The SMILES string of the molecule is CNC1(c2ccc(Cl)c(Cl)c2)CCc2ccccc21. The minimum Gasteiger partial charge on any atom is -0.307 e. The van der Waals surface area contributed by atoms with Gasteiger partial charge in [0.2, 0.25) is 0 Å². The van der Waals surface area contributed by atoms with Gasteiger partial charge in [-0.15, -0.1) is 0 Å². The minimum atomic E-state index is -0.148. The van der Waals surface area contributed by atoms with Crippen molar-refractivity contribution in [1.82, 2.24) is 5.32 Å². The van der Waals surface area contributed by atoms with E-state index in [2.05, 4.69) is 35.6 Å². The maximum atomic E-state index is 6.18. The molecular formula is C16H15Cl2N. The lowest BCUT2D eigenvalue weighted by molar-refractivity contribution is 0.436. The fourth-order valence-electron chi connectivity index (χ4n) is 3.08. The van der Waals surface area contributed by atoms with Gasteiger partial charge in [-0.05, 0) is 48.7 Å². The van der Waals surface area contributed by atoms with Crippen LogP contribution in [0.25, 0.3) is 0 Å². The van der Waals surface area contributed by atoms with Gasteiger partial charge in [0, 0.05) is 0 Å². The van der Waals surface area contributed by atoms with Crippen molar-refractivity contribution in [2.75, 3.05) is 7.05 Å². The molecule has 1 unspecified atom stereocenters. The molecule has 1 aliphatic carbocycles. The van der Waals surface area contributed by atoms with Gasteiger partial charge in [-0.3, -0.25) is 0 Å². The lowest BCUT2D eigenvalue weighted by Crippen LogP contribution is -2.38. The lowest BCUT2D eigenvalue weighted by Gasteiger charge is -2.31. The topological polar surface area (TPSA) is 12.0 Å². The predicted molar refractivity (Wildman–Crippen MR) is 81.1 cm³/mol. The first-order valence-electron chi connectivity index (χ1n) is 6.40. The van der Waals surface area contributed by atoms with Crippen LogP contribution >= 0.6 is 23.2 Å². The van der Waals surface area contributed by atoms with Gasteiger partial charge in [-0.1, -0.05) is 53.5 Å². The van der Waals surface area contributed by atoms with Crippen molar-refractivity contribution in [3.8, 4) is 0 Å². The van der Waals surface area contributed by atoms with Gasteiger partial charge in [-0.2, -0.15) is 0 Å². The molecule has 2 aromatic rings. The smallest absolute Gasteiger partial charge is 0.0694 e. The van der Waals surface area contributed by atoms with Crippen LogP contribution in [0, 0.1) is 0 Å². The van der Waals surface area contributed by atoms with E-state index in [-0.39, 0.29) is 5.54 Å². The molecule has 0 fully saturated rings. The van der Waals surface area contributed by atoms with E-state index < -0.39 is 0 Å². The fourth-order valence-corrected chi connectivity index (χ4v) is 3.38. The number of aryl methyl sites for hydroxylation is 1. The quantitative estimate of drug-likeness (QED) is 0.865. The normalized spacial score (nSPS) is 21.4. The summed E-state index contributed by atoms with van der Waals surface area (Å²) in [5, 5.41) is 4.70. The molecule has 1 aliphatic rings. The van der Waals surface area contributed by atoms with Crippen molar-refractivity contribution in [2.24, 2.45) is 0 Å². The Morgan fingerprint density at radius 2 is 1.84 bits per heavy atom. The Labute approximate surface area is 123 Å². The largest absolute Gasteiger partial charge is 0.307 e. The Balaban J connectivity index is 2.18. The summed E-state index contributed by atoms with van der Waals surface area (Å²) in [6, 6.07) is 14.5. The number of nitrogens with one attached hydrogen (secondary N) is 1. The highest BCUT2D eigenvalue weighted by Gasteiger charge is 2.38. The molecule has 3 rings (SSSR count). The van der Waals surface area contributed by atoms with Crippen LogP contribution in [-0.2, 0) is 12.0 Å². The Kier molecular flexibility index (Phi) is 3.30. The van der Waals surface area contributed by atoms with Crippen molar-refractivity contribution >= 4 is 23.2 Å². The van der Waals surface area contributed by atoms with Crippen molar-refractivity contribution in [3.05, 3.63) is 69.2 Å². The predicted octanol–water partition coefficient (Wildman–Crippen LogP) is 4.40. The van der Waals surface area contributed by atoms with Crippen LogP contribution in [0.4, 0.5) is 0 Å². The molecule has 3 heteroatoms. The Hall–Kier alpha value is -1.02. The number of hydrogen-bond acceptors (Lipinski definition) is 1. The fraction of sp³-hybridized carbons (Fsp3) is 0.250. The second kappa shape index (κ2) is 4.82. The third kappa shape index (κ3) is 1.97. The summed E-state index contributed by atoms with van der Waals surface area (Å²) < 4.78 is 0. The summed E-state index contributed by atoms with van der Waals surface area (Å²) in [5.74, 6) is 0. The van der Waals surface area contributed by atoms with Gasteiger partial charge in [0.05, 0.1) is 15.6 Å². The average molecular weight is 292 g/mol. The molecule has 0 saturated heterocycles. The van der Waals surface area contributed by atoms with Gasteiger partial charge in [-0.25, -0.2) is 0 Å². The summed E-state index contributed by atoms with van der Waals surface area (Å²) >= 11 is 12.2. The molecule has 0 saturated carbocycles. The maximum Gasteiger partial charge on any atom is 0.0694 e. The third-order valence-corrected chi connectivity index (χ3v) is 4.82. The van der Waals surface area contributed by atoms with Crippen LogP contribution in [0.2, 0.25) is 10.0 Å². The highest BCUT2D eigenvalue weighted by atomic mass is 35.5. The van der Waals surface area contributed by atoms with Crippen LogP contribution in [0.5, 0.6) is 0 Å². The molecule has 0 amide bonds. The summed E-state index contributed by atoms with van der Waals surface area (Å²) in [7, 11) is 2.00. The van der Waals surface area contributed by atoms with E-state index in [0.29, 0.717) is 10.0 Å². The second-order valence-corrected chi connectivity index (χ2v) is 5.76. The summed E-state index contributed by atoms with van der Waals surface area (Å²) in [6.07, 6.45) is 2.12. The van der Waals surface area contributed by atoms with Crippen molar-refractivity contribution in [2.45, 2.75) is 18.4 Å². The number of benzene rings is 2. The van der Waals surface area contributed by atoms with Crippen LogP contribution in [-0.4, -0.2) is 7.05 Å². The highest BCUT2D eigenvalue weighted by Crippen LogP contribution is 2.42. The molecule has 0 radical (unpaired) electrons. The molecule has 98 valence electrons. The zero-order valence-corrected chi connectivity index (χ0v) is 12.2. The Morgan fingerprint density at radius 3 is 2.58 bits per heavy atom. The molecule has 2 aromatic carbocycles. The van der Waals surface area contributed by atoms with Gasteiger partial charge in [0.15, 0.2) is 0 Å². The van der Waals surface area contributed by atoms with E-state index in [1.807, 2.05) is 19.2 Å². The van der Waals surface area contributed by atoms with Crippen LogP contribution in [0.3, 0.4) is 0 Å². The molecule has 1 nitrogen and oxygen atoms in total. The van der Waals surface area contributed by atoms with E-state index in [1.54, 1.807) is 0 Å². The first-order valence-corrected chi connectivity index (χ1v) is 7.16. The minimum absolute atomic E-state index is 0.148. The maximum absolute atomic E-state index is 6.18. The number of fused-ring (bicyclic) bond motifs is 1. The molecule has 1 N–H and O–H groups in total. The average Bonchev–Trinajstić information content (AvgIpc) is 2.82. The van der Waals surface area contributed by atoms with Crippen LogP contribution in [0.1, 0.15) is 23.1 Å². The van der Waals surface area contributed by atoms with Crippen LogP contribution in [0.15, 0.2) is 42.5 Å². The van der Waals surface area contributed by atoms with E-state index in [0.717, 1.165) is 12.8 Å². The van der Waals surface area contributed by atoms with E-state index in [4.69, 9.17) is 23.2 Å².